The minimum absolute atomic E-state index is 0.0984. The maximum Gasteiger partial charge on any atom is 0.220 e. The second kappa shape index (κ2) is 6.35. The first-order valence-electron chi connectivity index (χ1n) is 5.78. The minimum atomic E-state index is -0.325. The molecule has 0 saturated carbocycles. The van der Waals surface area contributed by atoms with Crippen molar-refractivity contribution in [1.82, 2.24) is 5.32 Å². The third-order valence-corrected chi connectivity index (χ3v) is 2.69. The van der Waals surface area contributed by atoms with Gasteiger partial charge in [-0.1, -0.05) is 25.1 Å². The van der Waals surface area contributed by atoms with Gasteiger partial charge in [0.15, 0.2) is 0 Å². The zero-order valence-corrected chi connectivity index (χ0v) is 10.2. The van der Waals surface area contributed by atoms with Gasteiger partial charge in [-0.2, -0.15) is 0 Å². The molecule has 1 amide bonds. The Bertz CT molecular complexity index is 381. The van der Waals surface area contributed by atoms with Gasteiger partial charge in [-0.3, -0.25) is 4.79 Å². The summed E-state index contributed by atoms with van der Waals surface area (Å²) in [6, 6.07) is 6.12. The number of amides is 1. The van der Waals surface area contributed by atoms with Crippen LogP contribution in [0.2, 0.25) is 0 Å². The van der Waals surface area contributed by atoms with Gasteiger partial charge in [0.05, 0.1) is 6.04 Å². The first-order valence-corrected chi connectivity index (χ1v) is 5.78. The normalized spacial score (nSPS) is 14.1. The molecule has 3 N–H and O–H groups in total. The molecule has 0 fully saturated rings. The minimum Gasteiger partial charge on any atom is -0.349 e. The van der Waals surface area contributed by atoms with Crippen molar-refractivity contribution in [2.75, 3.05) is 6.54 Å². The number of rotatable bonds is 5. The molecule has 0 aliphatic carbocycles. The van der Waals surface area contributed by atoms with Crippen molar-refractivity contribution in [3.05, 3.63) is 35.6 Å². The van der Waals surface area contributed by atoms with Crippen LogP contribution in [0.25, 0.3) is 0 Å². The number of nitrogens with one attached hydrogen (secondary N) is 1. The van der Waals surface area contributed by atoms with Crippen molar-refractivity contribution in [1.29, 1.82) is 0 Å². The lowest BCUT2D eigenvalue weighted by atomic mass is 10.1. The van der Waals surface area contributed by atoms with Crippen LogP contribution < -0.4 is 11.1 Å². The Kier molecular flexibility index (Phi) is 5.10. The molecule has 4 heteroatoms. The van der Waals surface area contributed by atoms with E-state index in [-0.39, 0.29) is 23.7 Å². The molecule has 0 saturated heterocycles. The molecule has 0 aliphatic heterocycles. The summed E-state index contributed by atoms with van der Waals surface area (Å²) < 4.78 is 13.4. The number of nitrogens with two attached hydrogens (primary N) is 1. The van der Waals surface area contributed by atoms with Crippen LogP contribution >= 0.6 is 0 Å². The van der Waals surface area contributed by atoms with Crippen molar-refractivity contribution in [3.63, 3.8) is 0 Å². The Morgan fingerprint density at radius 2 is 2.06 bits per heavy atom. The van der Waals surface area contributed by atoms with Crippen LogP contribution in [0.15, 0.2) is 24.3 Å². The van der Waals surface area contributed by atoms with Gasteiger partial charge in [-0.25, -0.2) is 4.39 Å². The molecule has 0 radical (unpaired) electrons. The average molecular weight is 238 g/mol. The third kappa shape index (κ3) is 4.15. The van der Waals surface area contributed by atoms with E-state index < -0.39 is 0 Å². The molecule has 2 unspecified atom stereocenters. The predicted molar refractivity (Wildman–Crippen MR) is 65.8 cm³/mol. The SMILES string of the molecule is CC(CN)CC(=O)NC(C)c1ccccc1F. The maximum absolute atomic E-state index is 13.4. The van der Waals surface area contributed by atoms with Crippen molar-refractivity contribution in [2.45, 2.75) is 26.3 Å². The molecule has 17 heavy (non-hydrogen) atoms. The fourth-order valence-corrected chi connectivity index (χ4v) is 1.60. The third-order valence-electron chi connectivity index (χ3n) is 2.69. The van der Waals surface area contributed by atoms with E-state index in [4.69, 9.17) is 5.73 Å². The molecule has 1 aromatic carbocycles. The quantitative estimate of drug-likeness (QED) is 0.824. The molecular formula is C13H19FN2O. The summed E-state index contributed by atoms with van der Waals surface area (Å²) >= 11 is 0. The molecule has 1 aromatic rings. The summed E-state index contributed by atoms with van der Waals surface area (Å²) in [5, 5.41) is 2.77. The summed E-state index contributed by atoms with van der Waals surface area (Å²) in [7, 11) is 0. The molecule has 0 aromatic heterocycles. The summed E-state index contributed by atoms with van der Waals surface area (Å²) in [5.41, 5.74) is 5.95. The number of hydrogen-bond acceptors (Lipinski definition) is 2. The molecule has 0 bridgehead atoms. The number of hydrogen-bond donors (Lipinski definition) is 2. The zero-order chi connectivity index (χ0) is 12.8. The van der Waals surface area contributed by atoms with E-state index in [1.54, 1.807) is 25.1 Å². The second-order valence-corrected chi connectivity index (χ2v) is 4.36. The highest BCUT2D eigenvalue weighted by Gasteiger charge is 2.14. The standard InChI is InChI=1S/C13H19FN2O/c1-9(8-15)7-13(17)16-10(2)11-5-3-4-6-12(11)14/h3-6,9-10H,7-8,15H2,1-2H3,(H,16,17). The van der Waals surface area contributed by atoms with E-state index in [0.29, 0.717) is 18.5 Å². The lowest BCUT2D eigenvalue weighted by Gasteiger charge is -2.16. The predicted octanol–water partition coefficient (Wildman–Crippen LogP) is 1.99. The summed E-state index contributed by atoms with van der Waals surface area (Å²) in [6.07, 6.45) is 0.370. The first-order chi connectivity index (χ1) is 8.04. The monoisotopic (exact) mass is 238 g/mol. The highest BCUT2D eigenvalue weighted by molar-refractivity contribution is 5.76. The van der Waals surface area contributed by atoms with Crippen molar-refractivity contribution < 1.29 is 9.18 Å². The average Bonchev–Trinajstić information content (AvgIpc) is 2.29. The Morgan fingerprint density at radius 1 is 1.41 bits per heavy atom. The molecule has 0 spiro atoms. The van der Waals surface area contributed by atoms with Crippen LogP contribution in [-0.2, 0) is 4.79 Å². The maximum atomic E-state index is 13.4. The van der Waals surface area contributed by atoms with E-state index in [1.807, 2.05) is 6.92 Å². The van der Waals surface area contributed by atoms with Gasteiger partial charge < -0.3 is 11.1 Å². The Hall–Kier alpha value is -1.42. The van der Waals surface area contributed by atoms with Crippen LogP contribution in [0.4, 0.5) is 4.39 Å². The van der Waals surface area contributed by atoms with Crippen LogP contribution in [0.3, 0.4) is 0 Å². The summed E-state index contributed by atoms with van der Waals surface area (Å²) in [5.74, 6) is -0.256. The second-order valence-electron chi connectivity index (χ2n) is 4.36. The highest BCUT2D eigenvalue weighted by atomic mass is 19.1. The van der Waals surface area contributed by atoms with Crippen molar-refractivity contribution >= 4 is 5.91 Å². The van der Waals surface area contributed by atoms with E-state index in [0.717, 1.165) is 0 Å². The Labute approximate surface area is 101 Å². The summed E-state index contributed by atoms with van der Waals surface area (Å²) in [6.45, 7) is 4.15. The first kappa shape index (κ1) is 13.6. The number of carbonyl (C=O) groups is 1. The van der Waals surface area contributed by atoms with Gasteiger partial charge in [0, 0.05) is 12.0 Å². The molecule has 3 nitrogen and oxygen atoms in total. The number of halogens is 1. The highest BCUT2D eigenvalue weighted by Crippen LogP contribution is 2.16. The Morgan fingerprint density at radius 3 is 2.65 bits per heavy atom. The largest absolute Gasteiger partial charge is 0.349 e. The number of carbonyl (C=O) groups excluding carboxylic acids is 1. The van der Waals surface area contributed by atoms with Gasteiger partial charge in [0.25, 0.3) is 0 Å². The zero-order valence-electron chi connectivity index (χ0n) is 10.2. The van der Waals surface area contributed by atoms with E-state index >= 15 is 0 Å². The van der Waals surface area contributed by atoms with E-state index in [2.05, 4.69) is 5.32 Å². The van der Waals surface area contributed by atoms with Gasteiger partial charge in [-0.05, 0) is 25.5 Å². The topological polar surface area (TPSA) is 55.1 Å². The lowest BCUT2D eigenvalue weighted by molar-refractivity contribution is -0.122. The van der Waals surface area contributed by atoms with Crippen LogP contribution in [0.1, 0.15) is 31.9 Å². The van der Waals surface area contributed by atoms with Gasteiger partial charge in [0.2, 0.25) is 5.91 Å². The molecule has 2 atom stereocenters. The molecule has 0 aliphatic rings. The van der Waals surface area contributed by atoms with Crippen molar-refractivity contribution in [3.8, 4) is 0 Å². The fraction of sp³-hybridized carbons (Fsp3) is 0.462. The smallest absolute Gasteiger partial charge is 0.220 e. The molecular weight excluding hydrogens is 219 g/mol. The fourth-order valence-electron chi connectivity index (χ4n) is 1.60. The molecule has 94 valence electrons. The molecule has 0 heterocycles. The van der Waals surface area contributed by atoms with Crippen LogP contribution in [-0.4, -0.2) is 12.5 Å². The van der Waals surface area contributed by atoms with Crippen LogP contribution in [0, 0.1) is 11.7 Å². The summed E-state index contributed by atoms with van der Waals surface area (Å²) in [4.78, 5) is 11.6. The lowest BCUT2D eigenvalue weighted by Crippen LogP contribution is -2.29. The van der Waals surface area contributed by atoms with Crippen LogP contribution in [0.5, 0.6) is 0 Å². The Balaban J connectivity index is 2.58. The van der Waals surface area contributed by atoms with Gasteiger partial charge >= 0.3 is 0 Å². The van der Waals surface area contributed by atoms with Gasteiger partial charge in [-0.15, -0.1) is 0 Å². The van der Waals surface area contributed by atoms with Gasteiger partial charge in [0.1, 0.15) is 5.82 Å². The van der Waals surface area contributed by atoms with Crippen molar-refractivity contribution in [2.24, 2.45) is 11.7 Å². The van der Waals surface area contributed by atoms with E-state index in [9.17, 15) is 9.18 Å². The molecule has 1 rings (SSSR count). The van der Waals surface area contributed by atoms with E-state index in [1.165, 1.54) is 6.07 Å². The number of benzene rings is 1.